The minimum atomic E-state index is -3.74. The van der Waals surface area contributed by atoms with Crippen molar-refractivity contribution in [2.75, 3.05) is 17.7 Å². The smallest absolute Gasteiger partial charge is 0.338 e. The number of esters is 1. The number of ether oxygens (including phenoxy) is 1. The molecule has 0 saturated carbocycles. The number of aryl methyl sites for hydroxylation is 1. The van der Waals surface area contributed by atoms with Crippen LogP contribution in [0.3, 0.4) is 0 Å². The molecule has 132 valence electrons. The summed E-state index contributed by atoms with van der Waals surface area (Å²) < 4.78 is 29.4. The number of hydrogen-bond donors (Lipinski definition) is 1. The lowest BCUT2D eigenvalue weighted by Crippen LogP contribution is -2.23. The van der Waals surface area contributed by atoms with Crippen LogP contribution in [0.15, 0.2) is 53.4 Å². The van der Waals surface area contributed by atoms with Gasteiger partial charge in [0.05, 0.1) is 17.1 Å². The molecule has 6 nitrogen and oxygen atoms in total. The minimum absolute atomic E-state index is 0.0912. The molecule has 2 rings (SSSR count). The molecular formula is C18H19NO5S. The number of amides is 1. The Bertz CT molecular complexity index is 873. The van der Waals surface area contributed by atoms with Crippen molar-refractivity contribution >= 4 is 27.4 Å². The summed E-state index contributed by atoms with van der Waals surface area (Å²) in [5.74, 6) is -1.87. The van der Waals surface area contributed by atoms with Crippen molar-refractivity contribution in [3.63, 3.8) is 0 Å². The van der Waals surface area contributed by atoms with E-state index in [0.29, 0.717) is 5.69 Å². The molecule has 1 amide bonds. The lowest BCUT2D eigenvalue weighted by molar-refractivity contribution is -0.113. The minimum Gasteiger partial charge on any atom is -0.462 e. The highest BCUT2D eigenvalue weighted by Gasteiger charge is 2.19. The molecule has 1 N–H and O–H groups in total. The van der Waals surface area contributed by atoms with Gasteiger partial charge in [-0.05, 0) is 44.2 Å². The molecule has 0 saturated heterocycles. The van der Waals surface area contributed by atoms with Crippen LogP contribution < -0.4 is 5.32 Å². The second-order valence-corrected chi connectivity index (χ2v) is 7.41. The summed E-state index contributed by atoms with van der Waals surface area (Å²) in [5.41, 5.74) is 1.54. The monoisotopic (exact) mass is 361 g/mol. The second kappa shape index (κ2) is 7.94. The van der Waals surface area contributed by atoms with Crippen LogP contribution in [0.25, 0.3) is 0 Å². The van der Waals surface area contributed by atoms with Gasteiger partial charge in [0.1, 0.15) is 5.75 Å². The predicted molar refractivity (Wildman–Crippen MR) is 94.3 cm³/mol. The van der Waals surface area contributed by atoms with Crippen LogP contribution in [0.4, 0.5) is 5.69 Å². The molecule has 0 aliphatic rings. The van der Waals surface area contributed by atoms with Crippen molar-refractivity contribution in [3.05, 3.63) is 59.7 Å². The van der Waals surface area contributed by atoms with E-state index in [1.165, 1.54) is 18.2 Å². The first-order valence-corrected chi connectivity index (χ1v) is 9.33. The normalized spacial score (nSPS) is 11.0. The zero-order chi connectivity index (χ0) is 18.4. The summed E-state index contributed by atoms with van der Waals surface area (Å²) >= 11 is 0. The Hall–Kier alpha value is -2.67. The fraction of sp³-hybridized carbons (Fsp3) is 0.222. The molecule has 2 aromatic carbocycles. The summed E-state index contributed by atoms with van der Waals surface area (Å²) in [6.07, 6.45) is 0. The van der Waals surface area contributed by atoms with Crippen molar-refractivity contribution in [1.29, 1.82) is 0 Å². The number of nitrogens with one attached hydrogen (secondary N) is 1. The number of rotatable bonds is 6. The molecule has 7 heteroatoms. The van der Waals surface area contributed by atoms with E-state index in [1.54, 1.807) is 37.3 Å². The summed E-state index contributed by atoms with van der Waals surface area (Å²) in [4.78, 5) is 23.9. The molecule has 2 aromatic rings. The Kier molecular flexibility index (Phi) is 5.93. The summed E-state index contributed by atoms with van der Waals surface area (Å²) in [7, 11) is -3.74. The van der Waals surface area contributed by atoms with Crippen molar-refractivity contribution < 1.29 is 22.7 Å². The fourth-order valence-electron chi connectivity index (χ4n) is 2.14. The Labute approximate surface area is 146 Å². The molecule has 0 aliphatic carbocycles. The molecule has 0 unspecified atom stereocenters. The first kappa shape index (κ1) is 18.7. The van der Waals surface area contributed by atoms with Gasteiger partial charge in [-0.15, -0.1) is 0 Å². The average molecular weight is 361 g/mol. The average Bonchev–Trinajstić information content (AvgIpc) is 2.55. The van der Waals surface area contributed by atoms with Gasteiger partial charge in [0.2, 0.25) is 5.91 Å². The van der Waals surface area contributed by atoms with Crippen molar-refractivity contribution in [1.82, 2.24) is 0 Å². The summed E-state index contributed by atoms with van der Waals surface area (Å²) in [6.45, 7) is 3.78. The van der Waals surface area contributed by atoms with E-state index in [-0.39, 0.29) is 17.1 Å². The quantitative estimate of drug-likeness (QED) is 0.799. The highest BCUT2D eigenvalue weighted by Crippen LogP contribution is 2.15. The van der Waals surface area contributed by atoms with Crippen LogP contribution >= 0.6 is 0 Å². The van der Waals surface area contributed by atoms with Crippen LogP contribution in [-0.4, -0.2) is 32.7 Å². The zero-order valence-corrected chi connectivity index (χ0v) is 14.8. The fourth-order valence-corrected chi connectivity index (χ4v) is 3.27. The van der Waals surface area contributed by atoms with E-state index >= 15 is 0 Å². The first-order valence-electron chi connectivity index (χ1n) is 7.68. The molecule has 0 bridgehead atoms. The predicted octanol–water partition coefficient (Wildman–Crippen LogP) is 2.58. The molecule has 0 aromatic heterocycles. The van der Waals surface area contributed by atoms with Crippen LogP contribution in [-0.2, 0) is 19.4 Å². The van der Waals surface area contributed by atoms with E-state index < -0.39 is 27.5 Å². The van der Waals surface area contributed by atoms with Gasteiger partial charge < -0.3 is 10.1 Å². The maximum atomic E-state index is 12.3. The second-order valence-electron chi connectivity index (χ2n) is 5.42. The first-order chi connectivity index (χ1) is 11.8. The maximum absolute atomic E-state index is 12.3. The number of benzene rings is 2. The van der Waals surface area contributed by atoms with Gasteiger partial charge in [0.25, 0.3) is 0 Å². The van der Waals surface area contributed by atoms with E-state index in [4.69, 9.17) is 4.74 Å². The summed E-state index contributed by atoms with van der Waals surface area (Å²) in [5, 5.41) is 2.49. The highest BCUT2D eigenvalue weighted by molar-refractivity contribution is 7.92. The van der Waals surface area contributed by atoms with Crippen molar-refractivity contribution in [2.45, 2.75) is 18.7 Å². The van der Waals surface area contributed by atoms with E-state index in [1.807, 2.05) is 6.92 Å². The van der Waals surface area contributed by atoms with Gasteiger partial charge in [-0.3, -0.25) is 4.79 Å². The van der Waals surface area contributed by atoms with E-state index in [2.05, 4.69) is 5.32 Å². The van der Waals surface area contributed by atoms with E-state index in [0.717, 1.165) is 5.56 Å². The summed E-state index contributed by atoms with van der Waals surface area (Å²) in [6, 6.07) is 12.4. The lowest BCUT2D eigenvalue weighted by Gasteiger charge is -2.08. The highest BCUT2D eigenvalue weighted by atomic mass is 32.2. The molecule has 0 radical (unpaired) electrons. The Balaban J connectivity index is 2.08. The number of anilines is 1. The molecule has 0 spiro atoms. The molecule has 0 aliphatic heterocycles. The SMILES string of the molecule is CCOC(=O)c1cccc(NC(=O)CS(=O)(=O)c2ccc(C)cc2)c1. The molecule has 0 heterocycles. The topological polar surface area (TPSA) is 89.5 Å². The van der Waals surface area contributed by atoms with Gasteiger partial charge >= 0.3 is 5.97 Å². The van der Waals surface area contributed by atoms with Crippen LogP contribution in [0.5, 0.6) is 0 Å². The third-order valence-corrected chi connectivity index (χ3v) is 4.99. The molecule has 0 atom stereocenters. The van der Waals surface area contributed by atoms with Gasteiger partial charge in [0, 0.05) is 5.69 Å². The van der Waals surface area contributed by atoms with Crippen LogP contribution in [0.1, 0.15) is 22.8 Å². The molecule has 25 heavy (non-hydrogen) atoms. The van der Waals surface area contributed by atoms with Crippen molar-refractivity contribution in [3.8, 4) is 0 Å². The molecule has 0 fully saturated rings. The van der Waals surface area contributed by atoms with E-state index in [9.17, 15) is 18.0 Å². The third kappa shape index (κ3) is 5.15. The third-order valence-electron chi connectivity index (χ3n) is 3.36. The largest absolute Gasteiger partial charge is 0.462 e. The van der Waals surface area contributed by atoms with Gasteiger partial charge in [-0.2, -0.15) is 0 Å². The zero-order valence-electron chi connectivity index (χ0n) is 14.0. The van der Waals surface area contributed by atoms with Gasteiger partial charge in [-0.25, -0.2) is 13.2 Å². The Morgan fingerprint density at radius 1 is 1.08 bits per heavy atom. The van der Waals surface area contributed by atoms with Gasteiger partial charge in [0.15, 0.2) is 9.84 Å². The maximum Gasteiger partial charge on any atom is 0.338 e. The number of carbonyl (C=O) groups is 2. The number of sulfone groups is 1. The lowest BCUT2D eigenvalue weighted by atomic mass is 10.2. The standard InChI is InChI=1S/C18H19NO5S/c1-3-24-18(21)14-5-4-6-15(11-14)19-17(20)12-25(22,23)16-9-7-13(2)8-10-16/h4-11H,3,12H2,1-2H3,(H,19,20). The van der Waals surface area contributed by atoms with Crippen LogP contribution in [0, 0.1) is 6.92 Å². The van der Waals surface area contributed by atoms with Crippen molar-refractivity contribution in [2.24, 2.45) is 0 Å². The number of carbonyl (C=O) groups excluding carboxylic acids is 2. The number of hydrogen-bond acceptors (Lipinski definition) is 5. The van der Waals surface area contributed by atoms with Crippen LogP contribution in [0.2, 0.25) is 0 Å². The van der Waals surface area contributed by atoms with Gasteiger partial charge in [-0.1, -0.05) is 23.8 Å². The molecular weight excluding hydrogens is 342 g/mol. The Morgan fingerprint density at radius 2 is 1.76 bits per heavy atom. The Morgan fingerprint density at radius 3 is 2.40 bits per heavy atom.